The van der Waals surface area contributed by atoms with Crippen molar-refractivity contribution < 1.29 is 23.6 Å². The molecule has 0 N–H and O–H groups in total. The minimum Gasteiger partial charge on any atom is -0.497 e. The van der Waals surface area contributed by atoms with Gasteiger partial charge in [-0.25, -0.2) is 0 Å². The fourth-order valence-corrected chi connectivity index (χ4v) is 8.86. The topological polar surface area (TPSA) is 69.7 Å². The van der Waals surface area contributed by atoms with Crippen molar-refractivity contribution in [3.8, 4) is 17.2 Å². The Hall–Kier alpha value is -4.73. The van der Waals surface area contributed by atoms with Crippen molar-refractivity contribution in [1.82, 2.24) is 0 Å². The molecule has 0 bridgehead atoms. The lowest BCUT2D eigenvalue weighted by molar-refractivity contribution is 0.0797. The smallest absolute Gasteiger partial charge is 0.171 e. The summed E-state index contributed by atoms with van der Waals surface area (Å²) in [5, 5.41) is 2.30. The van der Waals surface area contributed by atoms with Gasteiger partial charge in [0, 0.05) is 38.9 Å². The Labute approximate surface area is 270 Å². The maximum absolute atomic E-state index is 14.7. The van der Waals surface area contributed by atoms with Crippen molar-refractivity contribution >= 4 is 34.6 Å². The summed E-state index contributed by atoms with van der Waals surface area (Å²) in [6, 6.07) is 39.4. The normalized spacial score (nSPS) is 17.4. The van der Waals surface area contributed by atoms with Crippen molar-refractivity contribution in [2.45, 2.75) is 32.6 Å². The summed E-state index contributed by atoms with van der Waals surface area (Å²) in [4.78, 5) is 26.3. The van der Waals surface area contributed by atoms with E-state index in [-0.39, 0.29) is 23.4 Å². The number of Topliss-reactive ketones (excluding diaryl/α,β-unsaturated/α-hetero) is 2. The number of hydrogen-bond acceptors (Lipinski definition) is 5. The van der Waals surface area contributed by atoms with E-state index in [4.69, 9.17) is 9.47 Å². The third-order valence-electron chi connectivity index (χ3n) is 8.94. The van der Waals surface area contributed by atoms with Crippen molar-refractivity contribution in [1.29, 1.82) is 0 Å². The molecule has 0 amide bonds. The molecule has 6 heteroatoms. The van der Waals surface area contributed by atoms with Gasteiger partial charge in [-0.1, -0.05) is 60.2 Å². The van der Waals surface area contributed by atoms with Crippen LogP contribution in [0.2, 0.25) is 0 Å². The molecule has 0 spiro atoms. The molecule has 1 atom stereocenters. The van der Waals surface area contributed by atoms with E-state index in [2.05, 4.69) is 0 Å². The fraction of sp³-hybridized carbons (Fsp3) is 0.200. The lowest BCUT2D eigenvalue weighted by Crippen LogP contribution is -2.26. The minimum absolute atomic E-state index is 0.0573. The molecule has 232 valence electrons. The molecule has 1 fully saturated rings. The van der Waals surface area contributed by atoms with Gasteiger partial charge in [0.1, 0.15) is 17.2 Å². The third kappa shape index (κ3) is 6.61. The van der Waals surface area contributed by atoms with Gasteiger partial charge in [-0.3, -0.25) is 9.59 Å². The Kier molecular flexibility index (Phi) is 9.33. The summed E-state index contributed by atoms with van der Waals surface area (Å²) in [7, 11) is -1.47. The summed E-state index contributed by atoms with van der Waals surface area (Å²) < 4.78 is 26.0. The highest BCUT2D eigenvalue weighted by molar-refractivity contribution is 7.85. The van der Waals surface area contributed by atoms with E-state index in [0.29, 0.717) is 48.3 Å². The molecule has 0 aromatic heterocycles. The van der Waals surface area contributed by atoms with Crippen molar-refractivity contribution in [3.05, 3.63) is 144 Å². The third-order valence-corrected chi connectivity index (χ3v) is 12.0. The van der Waals surface area contributed by atoms with Crippen LogP contribution in [0.1, 0.15) is 52.0 Å². The van der Waals surface area contributed by atoms with Gasteiger partial charge < -0.3 is 14.0 Å². The number of ketones is 2. The summed E-state index contributed by atoms with van der Waals surface area (Å²) >= 11 is 0. The van der Waals surface area contributed by atoms with Gasteiger partial charge >= 0.3 is 0 Å². The highest BCUT2D eigenvalue weighted by Gasteiger charge is 2.31. The lowest BCUT2D eigenvalue weighted by Gasteiger charge is -2.27. The molecule has 0 radical (unpaired) electrons. The molecule has 5 aromatic rings. The van der Waals surface area contributed by atoms with Crippen LogP contribution in [0.5, 0.6) is 17.2 Å². The number of methoxy groups -OCH3 is 1. The predicted octanol–water partition coefficient (Wildman–Crippen LogP) is 8.31. The second-order valence-corrected chi connectivity index (χ2v) is 14.7. The van der Waals surface area contributed by atoms with Crippen molar-refractivity contribution in [2.75, 3.05) is 7.11 Å². The summed E-state index contributed by atoms with van der Waals surface area (Å²) in [5.74, 6) is 2.06. The molecule has 5 aromatic carbocycles. The maximum atomic E-state index is 14.7. The Bertz CT molecular complexity index is 1840. The Morgan fingerprint density at radius 2 is 0.935 bits per heavy atom. The van der Waals surface area contributed by atoms with Gasteiger partial charge in [-0.2, -0.15) is 0 Å². The zero-order valence-corrected chi connectivity index (χ0v) is 27.0. The molecule has 1 unspecified atom stereocenters. The summed E-state index contributed by atoms with van der Waals surface area (Å²) in [6.45, 7) is 2.02. The molecule has 1 aliphatic carbocycles. The van der Waals surface area contributed by atoms with E-state index in [0.717, 1.165) is 27.2 Å². The van der Waals surface area contributed by atoms with E-state index in [1.54, 1.807) is 19.2 Å². The quantitative estimate of drug-likeness (QED) is 0.115. The van der Waals surface area contributed by atoms with Crippen LogP contribution in [-0.4, -0.2) is 18.7 Å². The van der Waals surface area contributed by atoms with Gasteiger partial charge in [-0.05, 0) is 105 Å². The van der Waals surface area contributed by atoms with Crippen LogP contribution in [-0.2, 0) is 4.57 Å². The Balaban J connectivity index is 1.09. The SMILES string of the molecule is COc1ccc(C(=O)C2CCC(C(=O)c3ccc(Oc4ccc(P(=O)(c5ccccc5)c5ccc(C)cc5)cc4)cc3)CC2)cc1. The van der Waals surface area contributed by atoms with E-state index in [1.807, 2.05) is 122 Å². The van der Waals surface area contributed by atoms with Crippen LogP contribution in [0.15, 0.2) is 127 Å². The number of aryl methyl sites for hydroxylation is 1. The van der Waals surface area contributed by atoms with Gasteiger partial charge in [0.25, 0.3) is 0 Å². The first-order chi connectivity index (χ1) is 22.3. The first-order valence-corrected chi connectivity index (χ1v) is 17.4. The van der Waals surface area contributed by atoms with E-state index < -0.39 is 7.14 Å². The van der Waals surface area contributed by atoms with Crippen LogP contribution in [0.3, 0.4) is 0 Å². The summed E-state index contributed by atoms with van der Waals surface area (Å²) in [5.41, 5.74) is 2.45. The molecule has 1 aliphatic rings. The zero-order valence-electron chi connectivity index (χ0n) is 26.1. The predicted molar refractivity (Wildman–Crippen MR) is 184 cm³/mol. The molecule has 6 rings (SSSR count). The van der Waals surface area contributed by atoms with E-state index in [9.17, 15) is 14.2 Å². The first kappa shape index (κ1) is 31.3. The van der Waals surface area contributed by atoms with Crippen LogP contribution in [0, 0.1) is 18.8 Å². The van der Waals surface area contributed by atoms with E-state index in [1.165, 1.54) is 0 Å². The molecule has 0 aliphatic heterocycles. The molecule has 5 nitrogen and oxygen atoms in total. The number of benzene rings is 5. The van der Waals surface area contributed by atoms with Crippen molar-refractivity contribution in [3.63, 3.8) is 0 Å². The van der Waals surface area contributed by atoms with Gasteiger partial charge in [0.2, 0.25) is 0 Å². The molecular formula is C40H37O5P. The van der Waals surface area contributed by atoms with Crippen LogP contribution in [0.25, 0.3) is 0 Å². The maximum Gasteiger partial charge on any atom is 0.171 e. The number of ether oxygens (including phenoxy) is 2. The lowest BCUT2D eigenvalue weighted by atomic mass is 9.76. The first-order valence-electron chi connectivity index (χ1n) is 15.7. The molecular weight excluding hydrogens is 591 g/mol. The van der Waals surface area contributed by atoms with Crippen molar-refractivity contribution in [2.24, 2.45) is 11.8 Å². The number of hydrogen-bond donors (Lipinski definition) is 0. The minimum atomic E-state index is -3.07. The monoisotopic (exact) mass is 628 g/mol. The largest absolute Gasteiger partial charge is 0.497 e. The molecule has 46 heavy (non-hydrogen) atoms. The molecule has 0 saturated heterocycles. The Morgan fingerprint density at radius 3 is 1.39 bits per heavy atom. The summed E-state index contributed by atoms with van der Waals surface area (Å²) in [6.07, 6.45) is 2.82. The molecule has 1 saturated carbocycles. The van der Waals surface area contributed by atoms with Gasteiger partial charge in [-0.15, -0.1) is 0 Å². The average molecular weight is 629 g/mol. The number of carbonyl (C=O) groups is 2. The van der Waals surface area contributed by atoms with Crippen LogP contribution >= 0.6 is 7.14 Å². The van der Waals surface area contributed by atoms with Crippen LogP contribution < -0.4 is 25.4 Å². The highest BCUT2D eigenvalue weighted by atomic mass is 31.2. The van der Waals surface area contributed by atoms with E-state index >= 15 is 0 Å². The van der Waals surface area contributed by atoms with Gasteiger partial charge in [0.15, 0.2) is 18.7 Å². The fourth-order valence-electron chi connectivity index (χ4n) is 6.23. The second kappa shape index (κ2) is 13.7. The number of carbonyl (C=O) groups excluding carboxylic acids is 2. The average Bonchev–Trinajstić information content (AvgIpc) is 3.12. The zero-order chi connectivity index (χ0) is 32.1. The standard InChI is InChI=1S/C40H37O5P/c1-28-8-24-37(25-9-28)46(43,36-6-4-3-5-7-36)38-26-22-35(23-27-38)45-34-20-16-32(17-21-34)40(42)30-12-10-29(11-13-30)39(41)31-14-18-33(44-2)19-15-31/h3-9,14-27,29-30H,10-13H2,1-2H3. The highest BCUT2D eigenvalue weighted by Crippen LogP contribution is 2.43. The molecule has 0 heterocycles. The van der Waals surface area contributed by atoms with Gasteiger partial charge in [0.05, 0.1) is 7.11 Å². The second-order valence-electron chi connectivity index (χ2n) is 11.9. The Morgan fingerprint density at radius 1 is 0.543 bits per heavy atom. The van der Waals surface area contributed by atoms with Crippen LogP contribution in [0.4, 0.5) is 0 Å². The number of rotatable bonds is 10.